The fraction of sp³-hybridized carbons (Fsp3) is 0.238. The summed E-state index contributed by atoms with van der Waals surface area (Å²) in [4.78, 5) is 27.8. The van der Waals surface area contributed by atoms with Gasteiger partial charge in [0, 0.05) is 28.6 Å². The van der Waals surface area contributed by atoms with Gasteiger partial charge in [0.15, 0.2) is 5.43 Å². The number of anilines is 1. The highest BCUT2D eigenvalue weighted by Crippen LogP contribution is 2.19. The van der Waals surface area contributed by atoms with Gasteiger partial charge in [-0.3, -0.25) is 9.59 Å². The van der Waals surface area contributed by atoms with Crippen molar-refractivity contribution in [3.63, 3.8) is 0 Å². The van der Waals surface area contributed by atoms with E-state index < -0.39 is 0 Å². The van der Waals surface area contributed by atoms with Crippen molar-refractivity contribution in [2.75, 3.05) is 11.1 Å². The number of amides is 1. The summed E-state index contributed by atoms with van der Waals surface area (Å²) in [5, 5.41) is 3.63. The maximum atomic E-state index is 12.4. The Labute approximate surface area is 157 Å². The molecular formula is C21H22N2O2S. The van der Waals surface area contributed by atoms with Gasteiger partial charge in [0.2, 0.25) is 5.91 Å². The zero-order valence-corrected chi connectivity index (χ0v) is 16.0. The van der Waals surface area contributed by atoms with Gasteiger partial charge in [-0.15, -0.1) is 11.8 Å². The molecule has 0 atom stereocenters. The van der Waals surface area contributed by atoms with Crippen LogP contribution < -0.4 is 10.7 Å². The van der Waals surface area contributed by atoms with Crippen molar-refractivity contribution < 1.29 is 4.79 Å². The molecule has 5 heteroatoms. The Bertz CT molecular complexity index is 1010. The molecule has 0 aliphatic heterocycles. The number of hydrogen-bond acceptors (Lipinski definition) is 3. The molecule has 0 bridgehead atoms. The van der Waals surface area contributed by atoms with Crippen LogP contribution in [-0.4, -0.2) is 16.6 Å². The highest BCUT2D eigenvalue weighted by molar-refractivity contribution is 7.99. The lowest BCUT2D eigenvalue weighted by Crippen LogP contribution is -2.14. The average Bonchev–Trinajstić information content (AvgIpc) is 2.60. The average molecular weight is 366 g/mol. The Hall–Kier alpha value is -2.53. The zero-order chi connectivity index (χ0) is 18.7. The first-order valence-corrected chi connectivity index (χ1v) is 9.66. The third kappa shape index (κ3) is 4.17. The van der Waals surface area contributed by atoms with Gasteiger partial charge in [0.05, 0.1) is 11.3 Å². The normalized spacial score (nSPS) is 10.9. The van der Waals surface area contributed by atoms with Gasteiger partial charge >= 0.3 is 0 Å². The number of aromatic nitrogens is 1. The fourth-order valence-corrected chi connectivity index (χ4v) is 3.62. The maximum absolute atomic E-state index is 12.4. The molecule has 3 rings (SSSR count). The van der Waals surface area contributed by atoms with Gasteiger partial charge < -0.3 is 10.3 Å². The van der Waals surface area contributed by atoms with Gasteiger partial charge in [-0.25, -0.2) is 0 Å². The van der Waals surface area contributed by atoms with Crippen molar-refractivity contribution in [3.05, 3.63) is 75.1 Å². The molecular weight excluding hydrogens is 344 g/mol. The van der Waals surface area contributed by atoms with Gasteiger partial charge in [0.25, 0.3) is 0 Å². The van der Waals surface area contributed by atoms with Crippen LogP contribution in [0.4, 0.5) is 5.69 Å². The second-order valence-electron chi connectivity index (χ2n) is 6.52. The Morgan fingerprint density at radius 1 is 1.04 bits per heavy atom. The number of fused-ring (bicyclic) bond motifs is 1. The molecule has 0 unspecified atom stereocenters. The summed E-state index contributed by atoms with van der Waals surface area (Å²) in [5.41, 5.74) is 5.73. The number of benzene rings is 2. The topological polar surface area (TPSA) is 62.0 Å². The number of aryl methyl sites for hydroxylation is 3. The van der Waals surface area contributed by atoms with Gasteiger partial charge in [-0.1, -0.05) is 29.8 Å². The molecule has 0 saturated carbocycles. The van der Waals surface area contributed by atoms with Crippen LogP contribution in [0.25, 0.3) is 10.9 Å². The van der Waals surface area contributed by atoms with E-state index in [0.29, 0.717) is 11.5 Å². The summed E-state index contributed by atoms with van der Waals surface area (Å²) < 4.78 is 0. The molecule has 1 amide bonds. The third-order valence-corrected chi connectivity index (χ3v) is 5.27. The van der Waals surface area contributed by atoms with E-state index in [4.69, 9.17) is 0 Å². The molecule has 2 N–H and O–H groups in total. The Kier molecular flexibility index (Phi) is 5.47. The molecule has 4 nitrogen and oxygen atoms in total. The van der Waals surface area contributed by atoms with Crippen LogP contribution in [0.5, 0.6) is 0 Å². The first-order chi connectivity index (χ1) is 12.4. The molecule has 1 aromatic heterocycles. The van der Waals surface area contributed by atoms with E-state index in [1.165, 1.54) is 11.8 Å². The summed E-state index contributed by atoms with van der Waals surface area (Å²) in [7, 11) is 0. The minimum absolute atomic E-state index is 0.0275. The Morgan fingerprint density at radius 3 is 2.46 bits per heavy atom. The summed E-state index contributed by atoms with van der Waals surface area (Å²) >= 11 is 1.48. The highest BCUT2D eigenvalue weighted by Gasteiger charge is 2.08. The Balaban J connectivity index is 1.64. The number of thioether (sulfide) groups is 1. The molecule has 2 aromatic carbocycles. The molecule has 134 valence electrons. The number of carbonyl (C=O) groups is 1. The second-order valence-corrected chi connectivity index (χ2v) is 7.50. The largest absolute Gasteiger partial charge is 0.357 e. The number of pyridine rings is 1. The van der Waals surface area contributed by atoms with Crippen molar-refractivity contribution in [2.24, 2.45) is 0 Å². The zero-order valence-electron chi connectivity index (χ0n) is 15.2. The SMILES string of the molecule is Cc1ccc(NC(=O)CSCc2cc(=O)c3c(C)ccc(C)c3[nH]2)cc1. The number of H-pyrrole nitrogens is 1. The number of rotatable bonds is 5. The lowest BCUT2D eigenvalue weighted by Gasteiger charge is -2.09. The predicted molar refractivity (Wildman–Crippen MR) is 110 cm³/mol. The van der Waals surface area contributed by atoms with Crippen LogP contribution >= 0.6 is 11.8 Å². The molecule has 1 heterocycles. The molecule has 0 saturated heterocycles. The van der Waals surface area contributed by atoms with Crippen LogP contribution in [0.2, 0.25) is 0 Å². The van der Waals surface area contributed by atoms with Gasteiger partial charge in [-0.2, -0.15) is 0 Å². The standard InChI is InChI=1S/C21H22N2O2S/c1-13-4-8-16(9-5-13)22-19(25)12-26-11-17-10-18(24)20-14(2)6-7-15(3)21(20)23-17/h4-10H,11-12H2,1-3H3,(H,22,25)(H,23,24). The van der Waals surface area contributed by atoms with Gasteiger partial charge in [-0.05, 0) is 44.0 Å². The second kappa shape index (κ2) is 7.79. The van der Waals surface area contributed by atoms with Crippen LogP contribution in [0, 0.1) is 20.8 Å². The van der Waals surface area contributed by atoms with E-state index in [2.05, 4.69) is 10.3 Å². The van der Waals surface area contributed by atoms with E-state index in [-0.39, 0.29) is 11.3 Å². The summed E-state index contributed by atoms with van der Waals surface area (Å²) in [6.45, 7) is 5.94. The lowest BCUT2D eigenvalue weighted by molar-refractivity contribution is -0.113. The predicted octanol–water partition coefficient (Wildman–Crippen LogP) is 4.33. The van der Waals surface area contributed by atoms with Crippen molar-refractivity contribution in [2.45, 2.75) is 26.5 Å². The molecule has 0 fully saturated rings. The van der Waals surface area contributed by atoms with E-state index in [1.807, 2.05) is 57.2 Å². The monoisotopic (exact) mass is 366 g/mol. The first kappa shape index (κ1) is 18.3. The lowest BCUT2D eigenvalue weighted by atomic mass is 10.0. The number of carbonyl (C=O) groups excluding carboxylic acids is 1. The van der Waals surface area contributed by atoms with Crippen molar-refractivity contribution in [1.82, 2.24) is 4.98 Å². The van der Waals surface area contributed by atoms with Crippen LogP contribution in [0.15, 0.2) is 47.3 Å². The quantitative estimate of drug-likeness (QED) is 0.707. The first-order valence-electron chi connectivity index (χ1n) is 8.50. The molecule has 0 aliphatic rings. The van der Waals surface area contributed by atoms with Crippen LogP contribution in [0.3, 0.4) is 0 Å². The summed E-state index contributed by atoms with van der Waals surface area (Å²) in [6.07, 6.45) is 0. The van der Waals surface area contributed by atoms with Crippen molar-refractivity contribution >= 4 is 34.3 Å². The van der Waals surface area contributed by atoms with E-state index >= 15 is 0 Å². The molecule has 0 radical (unpaired) electrons. The van der Waals surface area contributed by atoms with Crippen LogP contribution in [0.1, 0.15) is 22.4 Å². The van der Waals surface area contributed by atoms with E-state index in [1.54, 1.807) is 6.07 Å². The molecule has 26 heavy (non-hydrogen) atoms. The number of nitrogens with one attached hydrogen (secondary N) is 2. The van der Waals surface area contributed by atoms with Gasteiger partial charge in [0.1, 0.15) is 0 Å². The maximum Gasteiger partial charge on any atom is 0.234 e. The van der Waals surface area contributed by atoms with E-state index in [9.17, 15) is 9.59 Å². The molecule has 0 spiro atoms. The highest BCUT2D eigenvalue weighted by atomic mass is 32.2. The molecule has 0 aliphatic carbocycles. The third-order valence-electron chi connectivity index (χ3n) is 4.29. The summed E-state index contributed by atoms with van der Waals surface area (Å²) in [5.74, 6) is 0.870. The number of hydrogen-bond donors (Lipinski definition) is 2. The smallest absolute Gasteiger partial charge is 0.234 e. The molecule has 3 aromatic rings. The van der Waals surface area contributed by atoms with E-state index in [0.717, 1.165) is 39.0 Å². The van der Waals surface area contributed by atoms with Crippen LogP contribution in [-0.2, 0) is 10.5 Å². The van der Waals surface area contributed by atoms with Crippen molar-refractivity contribution in [3.8, 4) is 0 Å². The fourth-order valence-electron chi connectivity index (χ4n) is 2.88. The number of aromatic amines is 1. The minimum atomic E-state index is -0.0472. The minimum Gasteiger partial charge on any atom is -0.357 e. The van der Waals surface area contributed by atoms with Crippen molar-refractivity contribution in [1.29, 1.82) is 0 Å². The Morgan fingerprint density at radius 2 is 1.73 bits per heavy atom. The summed E-state index contributed by atoms with van der Waals surface area (Å²) in [6, 6.07) is 13.3.